The molecule has 0 N–H and O–H groups in total. The molecule has 7 aromatic carbocycles. The van der Waals surface area contributed by atoms with Crippen LogP contribution >= 0.6 is 0 Å². The van der Waals surface area contributed by atoms with E-state index in [2.05, 4.69) is 200 Å². The van der Waals surface area contributed by atoms with Crippen molar-refractivity contribution in [3.63, 3.8) is 0 Å². The third-order valence-electron chi connectivity index (χ3n) is 13.0. The minimum absolute atomic E-state index is 0.123. The molecule has 0 bridgehead atoms. The highest BCUT2D eigenvalue weighted by atomic mass is 16.3. The number of nitrogens with zero attached hydrogens (tertiary/aromatic N) is 2. The predicted molar refractivity (Wildman–Crippen MR) is 251 cm³/mol. The second-order valence-corrected chi connectivity index (χ2v) is 16.5. The number of unbranched alkanes of at least 4 members (excludes halogenated alkanes) is 2. The summed E-state index contributed by atoms with van der Waals surface area (Å²) in [6.07, 6.45) is 12.3. The molecular formula is C56H56N2O. The van der Waals surface area contributed by atoms with Crippen molar-refractivity contribution in [1.82, 2.24) is 0 Å². The molecule has 1 fully saturated rings. The van der Waals surface area contributed by atoms with Crippen molar-refractivity contribution in [3.8, 4) is 0 Å². The molecule has 0 amide bonds. The van der Waals surface area contributed by atoms with Crippen molar-refractivity contribution < 1.29 is 4.42 Å². The first-order valence-electron chi connectivity index (χ1n) is 22.1. The van der Waals surface area contributed by atoms with E-state index < -0.39 is 0 Å². The zero-order chi connectivity index (χ0) is 40.0. The Morgan fingerprint density at radius 2 is 1.02 bits per heavy atom. The number of benzene rings is 7. The number of hydrogen-bond acceptors (Lipinski definition) is 3. The lowest BCUT2D eigenvalue weighted by atomic mass is 9.69. The van der Waals surface area contributed by atoms with Gasteiger partial charge in [0.15, 0.2) is 5.58 Å². The fraction of sp³-hybridized carbons (Fsp3) is 0.250. The molecule has 8 aromatic rings. The lowest BCUT2D eigenvalue weighted by Gasteiger charge is -2.36. The van der Waals surface area contributed by atoms with Gasteiger partial charge < -0.3 is 14.2 Å². The Kier molecular flexibility index (Phi) is 11.4. The van der Waals surface area contributed by atoms with Crippen molar-refractivity contribution in [2.24, 2.45) is 0 Å². The summed E-state index contributed by atoms with van der Waals surface area (Å²) in [7, 11) is 0. The summed E-state index contributed by atoms with van der Waals surface area (Å²) in [5.41, 5.74) is 12.7. The van der Waals surface area contributed by atoms with Gasteiger partial charge in [0.05, 0.1) is 5.69 Å². The van der Waals surface area contributed by atoms with Crippen molar-refractivity contribution in [3.05, 3.63) is 193 Å². The predicted octanol–water partition coefficient (Wildman–Crippen LogP) is 16.8. The first kappa shape index (κ1) is 38.5. The van der Waals surface area contributed by atoms with E-state index in [4.69, 9.17) is 4.42 Å². The highest BCUT2D eigenvalue weighted by molar-refractivity contribution is 6.10. The number of anilines is 6. The molecule has 59 heavy (non-hydrogen) atoms. The van der Waals surface area contributed by atoms with Gasteiger partial charge in [-0.05, 0) is 121 Å². The molecule has 0 aliphatic heterocycles. The van der Waals surface area contributed by atoms with Gasteiger partial charge in [0, 0.05) is 44.6 Å². The van der Waals surface area contributed by atoms with Gasteiger partial charge in [-0.2, -0.15) is 0 Å². The molecule has 0 spiro atoms. The minimum Gasteiger partial charge on any atom is -0.454 e. The normalized spacial score (nSPS) is 14.3. The van der Waals surface area contributed by atoms with Crippen molar-refractivity contribution >= 4 is 56.1 Å². The third-order valence-corrected chi connectivity index (χ3v) is 13.0. The average molecular weight is 773 g/mol. The maximum Gasteiger partial charge on any atom is 0.159 e. The molecule has 9 rings (SSSR count). The van der Waals surface area contributed by atoms with Gasteiger partial charge in [0.2, 0.25) is 0 Å². The smallest absolute Gasteiger partial charge is 0.159 e. The van der Waals surface area contributed by atoms with Gasteiger partial charge in [0.25, 0.3) is 0 Å². The lowest BCUT2D eigenvalue weighted by Crippen LogP contribution is -2.27. The Bertz CT molecular complexity index is 2530. The molecule has 296 valence electrons. The van der Waals surface area contributed by atoms with Crippen LogP contribution in [0.25, 0.3) is 21.9 Å². The zero-order valence-electron chi connectivity index (χ0n) is 34.7. The molecular weight excluding hydrogens is 717 g/mol. The molecule has 1 aliphatic carbocycles. The highest BCUT2D eigenvalue weighted by Crippen LogP contribution is 2.46. The number of fused-ring (bicyclic) bond motifs is 3. The second kappa shape index (κ2) is 17.4. The van der Waals surface area contributed by atoms with E-state index in [0.717, 1.165) is 68.9 Å². The molecule has 0 radical (unpaired) electrons. The van der Waals surface area contributed by atoms with Crippen LogP contribution in [-0.4, -0.2) is 0 Å². The van der Waals surface area contributed by atoms with Crippen molar-refractivity contribution in [1.29, 1.82) is 0 Å². The van der Waals surface area contributed by atoms with Gasteiger partial charge in [0.1, 0.15) is 5.58 Å². The van der Waals surface area contributed by atoms with Crippen molar-refractivity contribution in [2.75, 3.05) is 9.80 Å². The van der Waals surface area contributed by atoms with Gasteiger partial charge >= 0.3 is 0 Å². The monoisotopic (exact) mass is 772 g/mol. The van der Waals surface area contributed by atoms with E-state index in [1.54, 1.807) is 0 Å². The number of hydrogen-bond donors (Lipinski definition) is 0. The number of rotatable bonds is 14. The Morgan fingerprint density at radius 3 is 1.61 bits per heavy atom. The van der Waals surface area contributed by atoms with E-state index in [-0.39, 0.29) is 5.41 Å². The van der Waals surface area contributed by atoms with Crippen LogP contribution in [0.1, 0.15) is 101 Å². The molecule has 1 aliphatic rings. The summed E-state index contributed by atoms with van der Waals surface area (Å²) in [5.74, 6) is 0.660. The zero-order valence-corrected chi connectivity index (χ0v) is 34.7. The largest absolute Gasteiger partial charge is 0.454 e. The third kappa shape index (κ3) is 7.67. The van der Waals surface area contributed by atoms with Gasteiger partial charge in [-0.1, -0.05) is 156 Å². The van der Waals surface area contributed by atoms with Gasteiger partial charge in [-0.25, -0.2) is 0 Å². The lowest BCUT2D eigenvalue weighted by molar-refractivity contribution is 0.431. The molecule has 1 aromatic heterocycles. The topological polar surface area (TPSA) is 19.6 Å². The Morgan fingerprint density at radius 1 is 0.492 bits per heavy atom. The quantitative estimate of drug-likeness (QED) is 0.103. The Balaban J connectivity index is 1.12. The average Bonchev–Trinajstić information content (AvgIpc) is 3.70. The van der Waals surface area contributed by atoms with Crippen LogP contribution < -0.4 is 9.80 Å². The summed E-state index contributed by atoms with van der Waals surface area (Å²) < 4.78 is 6.67. The van der Waals surface area contributed by atoms with E-state index in [1.807, 2.05) is 0 Å². The van der Waals surface area contributed by atoms with Crippen LogP contribution in [0.2, 0.25) is 0 Å². The Hall–Kier alpha value is -6.06. The molecule has 1 saturated carbocycles. The molecule has 1 heterocycles. The first-order valence-corrected chi connectivity index (χ1v) is 22.1. The van der Waals surface area contributed by atoms with Gasteiger partial charge in [-0.15, -0.1) is 0 Å². The number of para-hydroxylation sites is 4. The summed E-state index contributed by atoms with van der Waals surface area (Å²) in [5, 5.41) is 2.29. The van der Waals surface area contributed by atoms with Crippen LogP contribution in [-0.2, 0) is 5.41 Å². The van der Waals surface area contributed by atoms with E-state index >= 15 is 0 Å². The van der Waals surface area contributed by atoms with Crippen LogP contribution in [0.3, 0.4) is 0 Å². The maximum absolute atomic E-state index is 6.67. The van der Waals surface area contributed by atoms with E-state index in [0.29, 0.717) is 5.92 Å². The van der Waals surface area contributed by atoms with E-state index in [9.17, 15) is 0 Å². The molecule has 1 atom stereocenters. The van der Waals surface area contributed by atoms with Crippen LogP contribution in [0.5, 0.6) is 0 Å². The Labute approximate surface area is 350 Å². The minimum atomic E-state index is -0.123. The SMILES string of the molecule is CCCCCC(CC)(c1ccc(N(c2ccccc2)c2ccccc2)cc1)c1ccc(N(c2ccc(C3CCCCC3)cc2)c2cccc3c2oc2ccccc23)cc1. The van der Waals surface area contributed by atoms with Crippen LogP contribution in [0.4, 0.5) is 34.1 Å². The van der Waals surface area contributed by atoms with Crippen LogP contribution in [0.15, 0.2) is 180 Å². The summed E-state index contributed by atoms with van der Waals surface area (Å²) in [6.45, 7) is 4.67. The summed E-state index contributed by atoms with van der Waals surface area (Å²) in [6, 6.07) is 64.7. The van der Waals surface area contributed by atoms with Crippen LogP contribution in [0, 0.1) is 0 Å². The van der Waals surface area contributed by atoms with E-state index in [1.165, 1.54) is 68.1 Å². The van der Waals surface area contributed by atoms with Gasteiger partial charge in [-0.3, -0.25) is 0 Å². The summed E-state index contributed by atoms with van der Waals surface area (Å²) in [4.78, 5) is 4.75. The first-order chi connectivity index (χ1) is 29.2. The fourth-order valence-electron chi connectivity index (χ4n) is 9.84. The molecule has 1 unspecified atom stereocenters. The molecule has 3 nitrogen and oxygen atoms in total. The highest BCUT2D eigenvalue weighted by Gasteiger charge is 2.33. The second-order valence-electron chi connectivity index (χ2n) is 16.5. The molecule has 0 saturated heterocycles. The summed E-state index contributed by atoms with van der Waals surface area (Å²) >= 11 is 0. The number of furan rings is 1. The maximum atomic E-state index is 6.67. The molecule has 3 heteroatoms. The standard InChI is InChI=1S/C56H56N2O/c1-3-5-17-41-56(4-2,44-31-37-48(38-32-44)57(46-21-11-7-12-22-46)47-23-13-8-14-24-47)45-33-39-50(40-34-45)58(49-35-29-43(30-36-49)42-19-9-6-10-20-42)53-27-18-26-52-51-25-15-16-28-54(51)59-55(52)53/h7-8,11-16,18,21-40,42H,3-6,9-10,17,19-20,41H2,1-2H3. The van der Waals surface area contributed by atoms with Crippen molar-refractivity contribution in [2.45, 2.75) is 89.4 Å². The fourth-order valence-corrected chi connectivity index (χ4v) is 9.84.